The minimum atomic E-state index is -0.234. The van der Waals surface area contributed by atoms with Crippen molar-refractivity contribution in [1.29, 1.82) is 0 Å². The summed E-state index contributed by atoms with van der Waals surface area (Å²) in [5, 5.41) is 4.35. The van der Waals surface area contributed by atoms with Crippen LogP contribution >= 0.6 is 0 Å². The molecule has 0 aliphatic carbocycles. The predicted molar refractivity (Wildman–Crippen MR) is 86.2 cm³/mol. The zero-order chi connectivity index (χ0) is 15.2. The van der Waals surface area contributed by atoms with Gasteiger partial charge in [-0.15, -0.1) is 0 Å². The SMILES string of the molecule is C\C=C/C(=C\C=C\C)c1c(-c2ccc(F)cc2)cnn1C. The van der Waals surface area contributed by atoms with Gasteiger partial charge in [-0.3, -0.25) is 4.68 Å². The summed E-state index contributed by atoms with van der Waals surface area (Å²) < 4.78 is 14.9. The van der Waals surface area contributed by atoms with Crippen molar-refractivity contribution in [1.82, 2.24) is 9.78 Å². The van der Waals surface area contributed by atoms with Crippen molar-refractivity contribution in [2.45, 2.75) is 13.8 Å². The summed E-state index contributed by atoms with van der Waals surface area (Å²) in [6, 6.07) is 6.49. The molecule has 108 valence electrons. The first-order chi connectivity index (χ1) is 10.2. The Bertz CT molecular complexity index is 689. The Balaban J connectivity index is 2.58. The van der Waals surface area contributed by atoms with Crippen LogP contribution in [0.5, 0.6) is 0 Å². The second kappa shape index (κ2) is 6.84. The van der Waals surface area contributed by atoms with Crippen LogP contribution in [-0.2, 0) is 7.05 Å². The van der Waals surface area contributed by atoms with E-state index in [0.717, 1.165) is 22.4 Å². The molecule has 0 atom stereocenters. The summed E-state index contributed by atoms with van der Waals surface area (Å²) in [6.45, 7) is 3.96. The molecule has 2 nitrogen and oxygen atoms in total. The third-order valence-electron chi connectivity index (χ3n) is 3.18. The number of rotatable bonds is 4. The van der Waals surface area contributed by atoms with Crippen LogP contribution < -0.4 is 0 Å². The van der Waals surface area contributed by atoms with Gasteiger partial charge in [-0.2, -0.15) is 5.10 Å². The number of aromatic nitrogens is 2. The maximum atomic E-state index is 13.1. The molecule has 0 saturated heterocycles. The Morgan fingerprint density at radius 1 is 1.14 bits per heavy atom. The number of hydrogen-bond donors (Lipinski definition) is 0. The van der Waals surface area contributed by atoms with E-state index >= 15 is 0 Å². The van der Waals surface area contributed by atoms with E-state index in [2.05, 4.69) is 5.10 Å². The van der Waals surface area contributed by atoms with Crippen LogP contribution in [0, 0.1) is 5.82 Å². The highest BCUT2D eigenvalue weighted by Gasteiger charge is 2.13. The molecule has 2 aromatic rings. The maximum Gasteiger partial charge on any atom is 0.123 e. The van der Waals surface area contributed by atoms with Gasteiger partial charge in [0.15, 0.2) is 0 Å². The second-order valence-electron chi connectivity index (χ2n) is 4.69. The van der Waals surface area contributed by atoms with Crippen molar-refractivity contribution in [2.75, 3.05) is 0 Å². The molecule has 1 aromatic heterocycles. The molecule has 21 heavy (non-hydrogen) atoms. The highest BCUT2D eigenvalue weighted by molar-refractivity contribution is 5.84. The lowest BCUT2D eigenvalue weighted by molar-refractivity contribution is 0.628. The van der Waals surface area contributed by atoms with Crippen LogP contribution in [0.1, 0.15) is 19.5 Å². The van der Waals surface area contributed by atoms with E-state index in [1.54, 1.807) is 12.1 Å². The van der Waals surface area contributed by atoms with Crippen molar-refractivity contribution < 1.29 is 4.39 Å². The molecule has 1 aromatic carbocycles. The molecule has 0 saturated carbocycles. The molecule has 0 N–H and O–H groups in total. The molecule has 2 rings (SSSR count). The van der Waals surface area contributed by atoms with E-state index in [1.807, 2.05) is 62.2 Å². The van der Waals surface area contributed by atoms with Crippen LogP contribution in [0.2, 0.25) is 0 Å². The average molecular weight is 282 g/mol. The number of halogens is 1. The van der Waals surface area contributed by atoms with Crippen LogP contribution in [0.4, 0.5) is 4.39 Å². The monoisotopic (exact) mass is 282 g/mol. The molecular formula is C18H19FN2. The van der Waals surface area contributed by atoms with Crippen LogP contribution in [-0.4, -0.2) is 9.78 Å². The van der Waals surface area contributed by atoms with Gasteiger partial charge in [0.05, 0.1) is 11.9 Å². The van der Waals surface area contributed by atoms with Crippen molar-refractivity contribution in [3.8, 4) is 11.1 Å². The summed E-state index contributed by atoms with van der Waals surface area (Å²) in [4.78, 5) is 0. The Hall–Kier alpha value is -2.42. The number of hydrogen-bond acceptors (Lipinski definition) is 1. The van der Waals surface area contributed by atoms with Crippen molar-refractivity contribution in [3.05, 3.63) is 72.4 Å². The fourth-order valence-electron chi connectivity index (χ4n) is 2.21. The number of allylic oxidation sites excluding steroid dienone is 6. The molecule has 0 unspecified atom stereocenters. The smallest absolute Gasteiger partial charge is 0.123 e. The first-order valence-corrected chi connectivity index (χ1v) is 6.91. The molecule has 0 amide bonds. The predicted octanol–water partition coefficient (Wildman–Crippen LogP) is 4.76. The van der Waals surface area contributed by atoms with Gasteiger partial charge in [0.2, 0.25) is 0 Å². The largest absolute Gasteiger partial charge is 0.267 e. The fourth-order valence-corrected chi connectivity index (χ4v) is 2.21. The molecule has 0 aliphatic heterocycles. The number of aryl methyl sites for hydroxylation is 1. The third kappa shape index (κ3) is 3.37. The highest BCUT2D eigenvalue weighted by atomic mass is 19.1. The van der Waals surface area contributed by atoms with Gasteiger partial charge in [-0.1, -0.05) is 42.5 Å². The van der Waals surface area contributed by atoms with E-state index in [4.69, 9.17) is 0 Å². The summed E-state index contributed by atoms with van der Waals surface area (Å²) >= 11 is 0. The average Bonchev–Trinajstić information content (AvgIpc) is 2.86. The van der Waals surface area contributed by atoms with Gasteiger partial charge in [0.1, 0.15) is 5.82 Å². The molecule has 0 aliphatic rings. The molecule has 0 fully saturated rings. The first-order valence-electron chi connectivity index (χ1n) is 6.91. The molecule has 0 spiro atoms. The van der Waals surface area contributed by atoms with Gasteiger partial charge >= 0.3 is 0 Å². The Labute approximate surface area is 124 Å². The molecule has 1 heterocycles. The Kier molecular flexibility index (Phi) is 4.88. The van der Waals surface area contributed by atoms with E-state index in [1.165, 1.54) is 12.1 Å². The minimum Gasteiger partial charge on any atom is -0.267 e. The zero-order valence-electron chi connectivity index (χ0n) is 12.5. The van der Waals surface area contributed by atoms with E-state index in [-0.39, 0.29) is 5.82 Å². The Morgan fingerprint density at radius 2 is 1.86 bits per heavy atom. The molecule has 0 bridgehead atoms. The van der Waals surface area contributed by atoms with Gasteiger partial charge in [-0.05, 0) is 31.5 Å². The first kappa shape index (κ1) is 15.0. The topological polar surface area (TPSA) is 17.8 Å². The van der Waals surface area contributed by atoms with Crippen molar-refractivity contribution >= 4 is 5.57 Å². The van der Waals surface area contributed by atoms with Crippen molar-refractivity contribution in [3.63, 3.8) is 0 Å². The molecule has 0 radical (unpaired) electrons. The fraction of sp³-hybridized carbons (Fsp3) is 0.167. The van der Waals surface area contributed by atoms with Gasteiger partial charge in [0, 0.05) is 18.2 Å². The van der Waals surface area contributed by atoms with Crippen LogP contribution in [0.25, 0.3) is 16.7 Å². The van der Waals surface area contributed by atoms with E-state index < -0.39 is 0 Å². The van der Waals surface area contributed by atoms with E-state index in [0.29, 0.717) is 0 Å². The summed E-state index contributed by atoms with van der Waals surface area (Å²) in [5.74, 6) is -0.234. The summed E-state index contributed by atoms with van der Waals surface area (Å²) in [7, 11) is 1.91. The third-order valence-corrected chi connectivity index (χ3v) is 3.18. The standard InChI is InChI=1S/C18H19FN2/c1-4-6-8-15(7-5-2)18-17(13-20-21(18)3)14-9-11-16(19)12-10-14/h4-13H,1-3H3/b6-4+,7-5-,15-8+. The number of benzene rings is 1. The van der Waals surface area contributed by atoms with Gasteiger partial charge in [-0.25, -0.2) is 4.39 Å². The Morgan fingerprint density at radius 3 is 2.48 bits per heavy atom. The second-order valence-corrected chi connectivity index (χ2v) is 4.69. The highest BCUT2D eigenvalue weighted by Crippen LogP contribution is 2.29. The van der Waals surface area contributed by atoms with Gasteiger partial charge in [0.25, 0.3) is 0 Å². The molecular weight excluding hydrogens is 263 g/mol. The lowest BCUT2D eigenvalue weighted by atomic mass is 10.0. The van der Waals surface area contributed by atoms with E-state index in [9.17, 15) is 4.39 Å². The summed E-state index contributed by atoms with van der Waals surface area (Å²) in [6.07, 6.45) is 11.9. The molecule has 3 heteroatoms. The number of nitrogens with zero attached hydrogens (tertiary/aromatic N) is 2. The normalized spacial score (nSPS) is 12.7. The van der Waals surface area contributed by atoms with Gasteiger partial charge < -0.3 is 0 Å². The maximum absolute atomic E-state index is 13.1. The van der Waals surface area contributed by atoms with Crippen LogP contribution in [0.15, 0.2) is 60.8 Å². The zero-order valence-corrected chi connectivity index (χ0v) is 12.5. The quantitative estimate of drug-likeness (QED) is 0.739. The summed E-state index contributed by atoms with van der Waals surface area (Å²) in [5.41, 5.74) is 4.02. The van der Waals surface area contributed by atoms with Crippen molar-refractivity contribution in [2.24, 2.45) is 7.05 Å². The van der Waals surface area contributed by atoms with Crippen LogP contribution in [0.3, 0.4) is 0 Å². The lowest BCUT2D eigenvalue weighted by Crippen LogP contribution is -1.97. The minimum absolute atomic E-state index is 0.234. The lowest BCUT2D eigenvalue weighted by Gasteiger charge is -2.07.